The summed E-state index contributed by atoms with van der Waals surface area (Å²) >= 11 is 3.64. The number of fused-ring (bicyclic) bond motifs is 1. The van der Waals surface area contributed by atoms with Crippen LogP contribution in [-0.2, 0) is 16.0 Å². The Labute approximate surface area is 138 Å². The molecule has 3 nitrogen and oxygen atoms in total. The Morgan fingerprint density at radius 2 is 1.91 bits per heavy atom. The number of Topliss-reactive ketones (excluding diaryl/α,β-unsaturated/α-hetero) is 3. The minimum Gasteiger partial charge on any atom is -0.298 e. The molecule has 0 bridgehead atoms. The third kappa shape index (κ3) is 2.65. The van der Waals surface area contributed by atoms with E-state index in [4.69, 9.17) is 0 Å². The van der Waals surface area contributed by atoms with Crippen molar-refractivity contribution in [2.24, 2.45) is 5.92 Å². The van der Waals surface area contributed by atoms with E-state index in [1.54, 1.807) is 6.07 Å². The van der Waals surface area contributed by atoms with E-state index in [9.17, 15) is 14.4 Å². The minimum absolute atomic E-state index is 0.211. The van der Waals surface area contributed by atoms with E-state index in [2.05, 4.69) is 6.26 Å². The Morgan fingerprint density at radius 1 is 1.23 bits per heavy atom. The molecule has 0 radical (unpaired) electrons. The van der Waals surface area contributed by atoms with Gasteiger partial charge < -0.3 is 0 Å². The van der Waals surface area contributed by atoms with E-state index in [0.717, 1.165) is 12.0 Å². The van der Waals surface area contributed by atoms with Crippen LogP contribution in [0.1, 0.15) is 40.7 Å². The number of rotatable bonds is 3. The first-order valence-corrected chi connectivity index (χ1v) is 9.61. The van der Waals surface area contributed by atoms with Gasteiger partial charge in [-0.15, -0.1) is 11.8 Å². The fourth-order valence-electron chi connectivity index (χ4n) is 3.20. The molecule has 1 fully saturated rings. The normalized spacial score (nSPS) is 22.0. The highest BCUT2D eigenvalue weighted by molar-refractivity contribution is 8.17. The largest absolute Gasteiger partial charge is 0.298 e. The SMILES string of the molecule is CSC1Cc2c(ccc(C(=O)C3C(=O)CCCC3=O)c2C)S1. The second-order valence-corrected chi connectivity index (χ2v) is 8.37. The van der Waals surface area contributed by atoms with Crippen molar-refractivity contribution < 1.29 is 14.4 Å². The average Bonchev–Trinajstić information content (AvgIpc) is 2.91. The van der Waals surface area contributed by atoms with Crippen LogP contribution in [0.3, 0.4) is 0 Å². The molecule has 116 valence electrons. The first kappa shape index (κ1) is 15.8. The van der Waals surface area contributed by atoms with E-state index < -0.39 is 5.92 Å². The van der Waals surface area contributed by atoms with E-state index in [1.165, 1.54) is 10.5 Å². The van der Waals surface area contributed by atoms with E-state index in [-0.39, 0.29) is 17.3 Å². The lowest BCUT2D eigenvalue weighted by Crippen LogP contribution is -2.35. The van der Waals surface area contributed by atoms with Gasteiger partial charge in [-0.1, -0.05) is 0 Å². The lowest BCUT2D eigenvalue weighted by atomic mass is 9.80. The van der Waals surface area contributed by atoms with Crippen molar-refractivity contribution in [3.05, 3.63) is 28.8 Å². The van der Waals surface area contributed by atoms with Crippen LogP contribution in [0.2, 0.25) is 0 Å². The van der Waals surface area contributed by atoms with Gasteiger partial charge in [0.2, 0.25) is 0 Å². The molecule has 0 N–H and O–H groups in total. The van der Waals surface area contributed by atoms with Crippen LogP contribution in [0.5, 0.6) is 0 Å². The molecule has 0 amide bonds. The highest BCUT2D eigenvalue weighted by Crippen LogP contribution is 2.43. The zero-order chi connectivity index (χ0) is 15.9. The van der Waals surface area contributed by atoms with Gasteiger partial charge in [0.1, 0.15) is 5.92 Å². The quantitative estimate of drug-likeness (QED) is 0.626. The highest BCUT2D eigenvalue weighted by Gasteiger charge is 2.37. The molecule has 1 unspecified atom stereocenters. The van der Waals surface area contributed by atoms with Gasteiger partial charge in [-0.3, -0.25) is 14.4 Å². The van der Waals surface area contributed by atoms with Crippen molar-refractivity contribution >= 4 is 40.9 Å². The molecule has 1 saturated carbocycles. The second-order valence-electron chi connectivity index (χ2n) is 5.79. The maximum atomic E-state index is 12.7. The lowest BCUT2D eigenvalue weighted by Gasteiger charge is -2.19. The van der Waals surface area contributed by atoms with Crippen molar-refractivity contribution in [3.63, 3.8) is 0 Å². The maximum absolute atomic E-state index is 12.7. The van der Waals surface area contributed by atoms with Crippen LogP contribution >= 0.6 is 23.5 Å². The molecule has 1 atom stereocenters. The first-order chi connectivity index (χ1) is 10.5. The van der Waals surface area contributed by atoms with Gasteiger partial charge in [0, 0.05) is 23.3 Å². The Bertz CT molecular complexity index is 650. The Balaban J connectivity index is 1.95. The molecule has 0 aromatic heterocycles. The number of carbonyl (C=O) groups is 3. The van der Waals surface area contributed by atoms with Gasteiger partial charge in [0.25, 0.3) is 0 Å². The van der Waals surface area contributed by atoms with Crippen molar-refractivity contribution in [2.75, 3.05) is 6.26 Å². The molecule has 1 aromatic rings. The molecule has 22 heavy (non-hydrogen) atoms. The van der Waals surface area contributed by atoms with Crippen molar-refractivity contribution in [1.29, 1.82) is 0 Å². The van der Waals surface area contributed by atoms with Crippen LogP contribution in [0.4, 0.5) is 0 Å². The smallest absolute Gasteiger partial charge is 0.181 e. The Morgan fingerprint density at radius 3 is 2.55 bits per heavy atom. The Hall–Kier alpha value is -1.07. The molecule has 1 aromatic carbocycles. The molecule has 2 aliphatic rings. The summed E-state index contributed by atoms with van der Waals surface area (Å²) in [6.07, 6.45) is 4.29. The molecule has 1 heterocycles. The molecule has 0 saturated heterocycles. The van der Waals surface area contributed by atoms with Crippen LogP contribution in [0.15, 0.2) is 17.0 Å². The Kier molecular flexibility index (Phi) is 4.46. The molecule has 3 rings (SSSR count). The van der Waals surface area contributed by atoms with Gasteiger partial charge in [0.05, 0.1) is 4.58 Å². The van der Waals surface area contributed by atoms with Crippen molar-refractivity contribution in [1.82, 2.24) is 0 Å². The van der Waals surface area contributed by atoms with Gasteiger partial charge in [-0.05, 0) is 49.3 Å². The standard InChI is InChI=1S/C17H18O3S2/c1-9-10(6-7-14-11(9)8-15(21-2)22-14)17(20)16-12(18)4-3-5-13(16)19/h6-7,15-16H,3-5,8H2,1-2H3. The summed E-state index contributed by atoms with van der Waals surface area (Å²) in [6.45, 7) is 1.94. The number of hydrogen-bond donors (Lipinski definition) is 0. The fourth-order valence-corrected chi connectivity index (χ4v) is 5.29. The van der Waals surface area contributed by atoms with E-state index in [1.807, 2.05) is 36.5 Å². The lowest BCUT2D eigenvalue weighted by molar-refractivity contribution is -0.133. The highest BCUT2D eigenvalue weighted by atomic mass is 32.2. The molecular weight excluding hydrogens is 316 g/mol. The monoisotopic (exact) mass is 334 g/mol. The summed E-state index contributed by atoms with van der Waals surface area (Å²) in [7, 11) is 0. The number of thioether (sulfide) groups is 2. The summed E-state index contributed by atoms with van der Waals surface area (Å²) < 4.78 is 0.483. The number of benzene rings is 1. The van der Waals surface area contributed by atoms with E-state index >= 15 is 0 Å². The molecule has 1 aliphatic carbocycles. The van der Waals surface area contributed by atoms with Crippen LogP contribution in [0.25, 0.3) is 0 Å². The van der Waals surface area contributed by atoms with E-state index in [0.29, 0.717) is 29.4 Å². The predicted molar refractivity (Wildman–Crippen MR) is 89.7 cm³/mol. The van der Waals surface area contributed by atoms with Crippen molar-refractivity contribution in [2.45, 2.75) is 42.1 Å². The first-order valence-electron chi connectivity index (χ1n) is 7.44. The molecule has 5 heteroatoms. The summed E-state index contributed by atoms with van der Waals surface area (Å²) in [5.41, 5.74) is 2.69. The van der Waals surface area contributed by atoms with Crippen molar-refractivity contribution in [3.8, 4) is 0 Å². The molecule has 1 aliphatic heterocycles. The summed E-state index contributed by atoms with van der Waals surface area (Å²) in [6, 6.07) is 3.76. The number of carbonyl (C=O) groups excluding carboxylic acids is 3. The average molecular weight is 334 g/mol. The zero-order valence-corrected chi connectivity index (χ0v) is 14.3. The fraction of sp³-hybridized carbons (Fsp3) is 0.471. The number of hydrogen-bond acceptors (Lipinski definition) is 5. The zero-order valence-electron chi connectivity index (χ0n) is 12.7. The van der Waals surface area contributed by atoms with Gasteiger partial charge >= 0.3 is 0 Å². The van der Waals surface area contributed by atoms with Gasteiger partial charge in [-0.25, -0.2) is 0 Å². The van der Waals surface area contributed by atoms with Gasteiger partial charge in [0.15, 0.2) is 17.3 Å². The summed E-state index contributed by atoms with van der Waals surface area (Å²) in [5.74, 6) is -1.78. The topological polar surface area (TPSA) is 51.2 Å². The van der Waals surface area contributed by atoms with Crippen LogP contribution < -0.4 is 0 Å². The second kappa shape index (κ2) is 6.20. The maximum Gasteiger partial charge on any atom is 0.181 e. The molecule has 0 spiro atoms. The summed E-state index contributed by atoms with van der Waals surface area (Å²) in [4.78, 5) is 38.0. The number of ketones is 3. The third-order valence-corrected chi connectivity index (χ3v) is 7.09. The van der Waals surface area contributed by atoms with Crippen LogP contribution in [0, 0.1) is 12.8 Å². The summed E-state index contributed by atoms with van der Waals surface area (Å²) in [5, 5.41) is 0. The van der Waals surface area contributed by atoms with Crippen LogP contribution in [-0.4, -0.2) is 28.2 Å². The minimum atomic E-state index is -1.06. The third-order valence-electron chi connectivity index (χ3n) is 4.47. The van der Waals surface area contributed by atoms with Gasteiger partial charge in [-0.2, -0.15) is 11.8 Å². The predicted octanol–water partition coefficient (Wildman–Crippen LogP) is 3.45. The molecular formula is C17H18O3S2.